The van der Waals surface area contributed by atoms with Gasteiger partial charge in [0, 0.05) is 28.0 Å². The van der Waals surface area contributed by atoms with Crippen LogP contribution in [0, 0.1) is 5.92 Å². The van der Waals surface area contributed by atoms with E-state index in [0.717, 1.165) is 29.5 Å². The SMILES string of the molecule is Nc1cc(Cl)ccc1SCC1CCOC1. The van der Waals surface area contributed by atoms with Crippen LogP contribution in [0.2, 0.25) is 5.02 Å². The number of rotatable bonds is 3. The van der Waals surface area contributed by atoms with E-state index < -0.39 is 0 Å². The van der Waals surface area contributed by atoms with Crippen LogP contribution in [0.5, 0.6) is 0 Å². The fraction of sp³-hybridized carbons (Fsp3) is 0.455. The van der Waals surface area contributed by atoms with Gasteiger partial charge in [0.1, 0.15) is 0 Å². The number of thioether (sulfide) groups is 1. The molecule has 15 heavy (non-hydrogen) atoms. The van der Waals surface area contributed by atoms with Gasteiger partial charge in [-0.3, -0.25) is 0 Å². The molecule has 0 bridgehead atoms. The highest BCUT2D eigenvalue weighted by atomic mass is 35.5. The number of anilines is 1. The predicted octanol–water partition coefficient (Wildman–Crippen LogP) is 3.05. The number of nitrogen functional groups attached to an aromatic ring is 1. The van der Waals surface area contributed by atoms with Gasteiger partial charge in [-0.25, -0.2) is 0 Å². The Kier molecular flexibility index (Phi) is 3.78. The minimum atomic E-state index is 0.671. The van der Waals surface area contributed by atoms with Gasteiger partial charge in [-0.05, 0) is 30.5 Å². The Morgan fingerprint density at radius 3 is 3.07 bits per heavy atom. The van der Waals surface area contributed by atoms with E-state index in [1.807, 2.05) is 12.1 Å². The molecule has 1 heterocycles. The lowest BCUT2D eigenvalue weighted by atomic mass is 10.2. The molecule has 0 radical (unpaired) electrons. The summed E-state index contributed by atoms with van der Waals surface area (Å²) >= 11 is 7.62. The summed E-state index contributed by atoms with van der Waals surface area (Å²) < 4.78 is 5.33. The maximum absolute atomic E-state index is 5.87. The molecule has 0 saturated carbocycles. The van der Waals surface area contributed by atoms with Crippen molar-refractivity contribution in [2.24, 2.45) is 5.92 Å². The summed E-state index contributed by atoms with van der Waals surface area (Å²) in [7, 11) is 0. The number of ether oxygens (including phenoxy) is 1. The lowest BCUT2D eigenvalue weighted by molar-refractivity contribution is 0.189. The fourth-order valence-corrected chi connectivity index (χ4v) is 2.82. The third kappa shape index (κ3) is 3.03. The van der Waals surface area contributed by atoms with Crippen LogP contribution in [0.25, 0.3) is 0 Å². The van der Waals surface area contributed by atoms with Crippen LogP contribution in [0.3, 0.4) is 0 Å². The third-order valence-electron chi connectivity index (χ3n) is 2.47. The Balaban J connectivity index is 1.92. The smallest absolute Gasteiger partial charge is 0.0503 e. The average Bonchev–Trinajstić information content (AvgIpc) is 2.69. The number of nitrogens with two attached hydrogens (primary N) is 1. The molecule has 1 atom stereocenters. The molecule has 0 spiro atoms. The van der Waals surface area contributed by atoms with Crippen molar-refractivity contribution in [2.75, 3.05) is 24.7 Å². The lowest BCUT2D eigenvalue weighted by Gasteiger charge is -2.09. The van der Waals surface area contributed by atoms with Crippen molar-refractivity contribution < 1.29 is 4.74 Å². The van der Waals surface area contributed by atoms with Gasteiger partial charge in [0.25, 0.3) is 0 Å². The highest BCUT2D eigenvalue weighted by Gasteiger charge is 2.16. The van der Waals surface area contributed by atoms with Crippen LogP contribution < -0.4 is 5.73 Å². The summed E-state index contributed by atoms with van der Waals surface area (Å²) in [5.41, 5.74) is 6.64. The Bertz CT molecular complexity index is 339. The predicted molar refractivity (Wildman–Crippen MR) is 65.5 cm³/mol. The molecule has 0 aromatic heterocycles. The second-order valence-electron chi connectivity index (χ2n) is 3.72. The van der Waals surface area contributed by atoms with Crippen LogP contribution in [-0.2, 0) is 4.74 Å². The van der Waals surface area contributed by atoms with Gasteiger partial charge in [0.15, 0.2) is 0 Å². The molecule has 1 aliphatic rings. The zero-order valence-electron chi connectivity index (χ0n) is 8.41. The van der Waals surface area contributed by atoms with Gasteiger partial charge >= 0.3 is 0 Å². The molecule has 1 saturated heterocycles. The Hall–Kier alpha value is -0.380. The van der Waals surface area contributed by atoms with Crippen molar-refractivity contribution in [3.8, 4) is 0 Å². The molecular weight excluding hydrogens is 230 g/mol. The second-order valence-corrected chi connectivity index (χ2v) is 5.22. The molecule has 4 heteroatoms. The fourth-order valence-electron chi connectivity index (χ4n) is 1.57. The van der Waals surface area contributed by atoms with Gasteiger partial charge in [-0.15, -0.1) is 11.8 Å². The van der Waals surface area contributed by atoms with Crippen LogP contribution >= 0.6 is 23.4 Å². The molecular formula is C11H14ClNOS. The van der Waals surface area contributed by atoms with Crippen molar-refractivity contribution in [1.29, 1.82) is 0 Å². The first kappa shape index (κ1) is 11.1. The van der Waals surface area contributed by atoms with E-state index in [1.54, 1.807) is 17.8 Å². The summed E-state index contributed by atoms with van der Waals surface area (Å²) in [6.45, 7) is 1.79. The first-order valence-electron chi connectivity index (χ1n) is 5.01. The van der Waals surface area contributed by atoms with E-state index in [0.29, 0.717) is 10.9 Å². The highest BCUT2D eigenvalue weighted by Crippen LogP contribution is 2.30. The van der Waals surface area contributed by atoms with E-state index in [9.17, 15) is 0 Å². The molecule has 1 aliphatic heterocycles. The lowest BCUT2D eigenvalue weighted by Crippen LogP contribution is -2.02. The largest absolute Gasteiger partial charge is 0.398 e. The van der Waals surface area contributed by atoms with E-state index in [-0.39, 0.29) is 0 Å². The van der Waals surface area contributed by atoms with Crippen molar-refractivity contribution in [2.45, 2.75) is 11.3 Å². The molecule has 0 aliphatic carbocycles. The average molecular weight is 244 g/mol. The standard InChI is InChI=1S/C11H14ClNOS/c12-9-1-2-11(10(13)5-9)15-7-8-3-4-14-6-8/h1-2,5,8H,3-4,6-7,13H2. The summed E-state index contributed by atoms with van der Waals surface area (Å²) in [5, 5.41) is 0.695. The normalized spacial score (nSPS) is 20.7. The van der Waals surface area contributed by atoms with Crippen LogP contribution in [0.15, 0.2) is 23.1 Å². The maximum atomic E-state index is 5.87. The van der Waals surface area contributed by atoms with Crippen LogP contribution in [0.4, 0.5) is 5.69 Å². The first-order valence-corrected chi connectivity index (χ1v) is 6.37. The summed E-state index contributed by atoms with van der Waals surface area (Å²) in [6.07, 6.45) is 1.17. The van der Waals surface area contributed by atoms with Crippen LogP contribution in [0.1, 0.15) is 6.42 Å². The summed E-state index contributed by atoms with van der Waals surface area (Å²) in [4.78, 5) is 1.12. The summed E-state index contributed by atoms with van der Waals surface area (Å²) in [5.74, 6) is 1.75. The molecule has 1 unspecified atom stereocenters. The monoisotopic (exact) mass is 243 g/mol. The summed E-state index contributed by atoms with van der Waals surface area (Å²) in [6, 6.07) is 5.67. The zero-order chi connectivity index (χ0) is 10.7. The molecule has 2 nitrogen and oxygen atoms in total. The van der Waals surface area contributed by atoms with Gasteiger partial charge in [0.2, 0.25) is 0 Å². The number of halogens is 1. The van der Waals surface area contributed by atoms with Gasteiger partial charge in [0.05, 0.1) is 6.61 Å². The molecule has 1 aromatic carbocycles. The quantitative estimate of drug-likeness (QED) is 0.655. The molecule has 0 amide bonds. The first-order chi connectivity index (χ1) is 7.25. The van der Waals surface area contributed by atoms with E-state index in [1.165, 1.54) is 6.42 Å². The van der Waals surface area contributed by atoms with Gasteiger partial charge in [-0.2, -0.15) is 0 Å². The van der Waals surface area contributed by atoms with Crippen molar-refractivity contribution in [1.82, 2.24) is 0 Å². The minimum Gasteiger partial charge on any atom is -0.398 e. The Morgan fingerprint density at radius 2 is 2.40 bits per heavy atom. The molecule has 2 N–H and O–H groups in total. The minimum absolute atomic E-state index is 0.671. The van der Waals surface area contributed by atoms with E-state index in [2.05, 4.69) is 0 Å². The number of hydrogen-bond acceptors (Lipinski definition) is 3. The number of benzene rings is 1. The molecule has 2 rings (SSSR count). The third-order valence-corrected chi connectivity index (χ3v) is 4.03. The second kappa shape index (κ2) is 5.10. The van der Waals surface area contributed by atoms with Crippen molar-refractivity contribution >= 4 is 29.1 Å². The highest BCUT2D eigenvalue weighted by molar-refractivity contribution is 7.99. The van der Waals surface area contributed by atoms with Crippen molar-refractivity contribution in [3.63, 3.8) is 0 Å². The van der Waals surface area contributed by atoms with Gasteiger partial charge in [-0.1, -0.05) is 11.6 Å². The Labute approximate surface area is 99.1 Å². The zero-order valence-corrected chi connectivity index (χ0v) is 9.98. The Morgan fingerprint density at radius 1 is 1.53 bits per heavy atom. The maximum Gasteiger partial charge on any atom is 0.0503 e. The van der Waals surface area contributed by atoms with E-state index >= 15 is 0 Å². The van der Waals surface area contributed by atoms with Crippen molar-refractivity contribution in [3.05, 3.63) is 23.2 Å². The van der Waals surface area contributed by atoms with Gasteiger partial charge < -0.3 is 10.5 Å². The molecule has 82 valence electrons. The van der Waals surface area contributed by atoms with E-state index in [4.69, 9.17) is 22.1 Å². The number of hydrogen-bond donors (Lipinski definition) is 1. The van der Waals surface area contributed by atoms with Crippen LogP contribution in [-0.4, -0.2) is 19.0 Å². The molecule has 1 fully saturated rings. The molecule has 1 aromatic rings. The topological polar surface area (TPSA) is 35.2 Å².